The van der Waals surface area contributed by atoms with Gasteiger partial charge in [0.2, 0.25) is 5.75 Å². The van der Waals surface area contributed by atoms with Gasteiger partial charge in [-0.25, -0.2) is 9.97 Å². The van der Waals surface area contributed by atoms with Gasteiger partial charge in [0.1, 0.15) is 6.33 Å². The number of nitrogens with zero attached hydrogens (tertiary/aromatic N) is 3. The Labute approximate surface area is 99.2 Å². The van der Waals surface area contributed by atoms with Crippen molar-refractivity contribution in [2.45, 2.75) is 6.04 Å². The van der Waals surface area contributed by atoms with Gasteiger partial charge in [-0.2, -0.15) is 0 Å². The minimum absolute atomic E-state index is 0.00688. The number of nitrogens with two attached hydrogens (primary N) is 1. The molecule has 3 N–H and O–H groups in total. The lowest BCUT2D eigenvalue weighted by Gasteiger charge is -2.35. The summed E-state index contributed by atoms with van der Waals surface area (Å²) in [4.78, 5) is 9.98. The first kappa shape index (κ1) is 11.9. The van der Waals surface area contributed by atoms with Crippen molar-refractivity contribution in [3.8, 4) is 5.75 Å². The molecule has 0 radical (unpaired) electrons. The van der Waals surface area contributed by atoms with Crippen molar-refractivity contribution < 1.29 is 14.6 Å². The van der Waals surface area contributed by atoms with Gasteiger partial charge in [0, 0.05) is 6.54 Å². The first-order valence-corrected chi connectivity index (χ1v) is 5.37. The number of hydrogen-bond donors (Lipinski definition) is 2. The van der Waals surface area contributed by atoms with Crippen molar-refractivity contribution in [3.05, 3.63) is 6.33 Å². The molecule has 1 aliphatic heterocycles. The van der Waals surface area contributed by atoms with E-state index in [4.69, 9.17) is 15.2 Å². The highest BCUT2D eigenvalue weighted by Crippen LogP contribution is 2.31. The Kier molecular flexibility index (Phi) is 3.60. The predicted octanol–water partition coefficient (Wildman–Crippen LogP) is -0.735. The molecule has 0 amide bonds. The summed E-state index contributed by atoms with van der Waals surface area (Å²) in [6, 6.07) is -0.132. The molecule has 1 fully saturated rings. The third-order valence-corrected chi connectivity index (χ3v) is 2.73. The SMILES string of the molecule is COc1c(N)ncnc1N1CCOCC1CO. The van der Waals surface area contributed by atoms with Gasteiger partial charge in [0.05, 0.1) is 33.0 Å². The summed E-state index contributed by atoms with van der Waals surface area (Å²) in [5.41, 5.74) is 5.73. The standard InChI is InChI=1S/C10H16N4O3/c1-16-8-9(11)12-6-13-10(8)14-2-3-17-5-7(14)4-15/h6-7,15H,2-5H2,1H3,(H2,11,12,13). The smallest absolute Gasteiger partial charge is 0.204 e. The van der Waals surface area contributed by atoms with Gasteiger partial charge in [0.15, 0.2) is 11.6 Å². The Hall–Kier alpha value is -1.60. The summed E-state index contributed by atoms with van der Waals surface area (Å²) >= 11 is 0. The lowest BCUT2D eigenvalue weighted by Crippen LogP contribution is -2.48. The van der Waals surface area contributed by atoms with Crippen LogP contribution in [0, 0.1) is 0 Å². The molecule has 1 aliphatic rings. The molecule has 1 aromatic heterocycles. The summed E-state index contributed by atoms with van der Waals surface area (Å²) in [6.07, 6.45) is 1.39. The number of methoxy groups -OCH3 is 1. The number of aromatic nitrogens is 2. The molecular formula is C10H16N4O3. The van der Waals surface area contributed by atoms with E-state index >= 15 is 0 Å². The topological polar surface area (TPSA) is 93.7 Å². The molecule has 0 spiro atoms. The Balaban J connectivity index is 2.34. The van der Waals surface area contributed by atoms with E-state index in [2.05, 4.69) is 9.97 Å². The van der Waals surface area contributed by atoms with Crippen LogP contribution in [0.15, 0.2) is 6.33 Å². The number of hydrogen-bond acceptors (Lipinski definition) is 7. The lowest BCUT2D eigenvalue weighted by atomic mass is 10.2. The molecule has 0 bridgehead atoms. The van der Waals surface area contributed by atoms with Crippen molar-refractivity contribution in [1.82, 2.24) is 9.97 Å². The Morgan fingerprint density at radius 1 is 1.65 bits per heavy atom. The van der Waals surface area contributed by atoms with Crippen LogP contribution in [-0.2, 0) is 4.74 Å². The Morgan fingerprint density at radius 3 is 3.18 bits per heavy atom. The van der Waals surface area contributed by atoms with Crippen LogP contribution in [0.1, 0.15) is 0 Å². The normalized spacial score (nSPS) is 20.4. The quantitative estimate of drug-likeness (QED) is 0.719. The van der Waals surface area contributed by atoms with Crippen LogP contribution in [-0.4, -0.2) is 54.6 Å². The molecule has 0 aliphatic carbocycles. The monoisotopic (exact) mass is 240 g/mol. The van der Waals surface area contributed by atoms with E-state index in [-0.39, 0.29) is 12.6 Å². The fraction of sp³-hybridized carbons (Fsp3) is 0.600. The Bertz CT molecular complexity index is 388. The highest BCUT2D eigenvalue weighted by Gasteiger charge is 2.27. The van der Waals surface area contributed by atoms with E-state index in [1.165, 1.54) is 13.4 Å². The maximum Gasteiger partial charge on any atom is 0.204 e. The molecular weight excluding hydrogens is 224 g/mol. The second kappa shape index (κ2) is 5.15. The third kappa shape index (κ3) is 2.25. The molecule has 1 atom stereocenters. The number of morpholine rings is 1. The van der Waals surface area contributed by atoms with Crippen molar-refractivity contribution in [2.24, 2.45) is 0 Å². The first-order valence-electron chi connectivity index (χ1n) is 5.37. The van der Waals surface area contributed by atoms with Gasteiger partial charge in [-0.1, -0.05) is 0 Å². The Morgan fingerprint density at radius 2 is 2.47 bits per heavy atom. The van der Waals surface area contributed by atoms with Crippen LogP contribution >= 0.6 is 0 Å². The van der Waals surface area contributed by atoms with Gasteiger partial charge in [-0.3, -0.25) is 0 Å². The van der Waals surface area contributed by atoms with Crippen LogP contribution in [0.4, 0.5) is 11.6 Å². The predicted molar refractivity (Wildman–Crippen MR) is 62.0 cm³/mol. The van der Waals surface area contributed by atoms with Gasteiger partial charge in [-0.15, -0.1) is 0 Å². The van der Waals surface area contributed by atoms with E-state index in [1.54, 1.807) is 0 Å². The zero-order valence-electron chi connectivity index (χ0n) is 9.67. The van der Waals surface area contributed by atoms with Crippen molar-refractivity contribution >= 4 is 11.6 Å². The van der Waals surface area contributed by atoms with Crippen LogP contribution in [0.25, 0.3) is 0 Å². The number of nitrogen functional groups attached to an aromatic ring is 1. The number of rotatable bonds is 3. The lowest BCUT2D eigenvalue weighted by molar-refractivity contribution is 0.0720. The largest absolute Gasteiger partial charge is 0.490 e. The molecule has 1 unspecified atom stereocenters. The van der Waals surface area contributed by atoms with Gasteiger partial charge in [0.25, 0.3) is 0 Å². The van der Waals surface area contributed by atoms with E-state index in [0.717, 1.165) is 0 Å². The number of aliphatic hydroxyl groups excluding tert-OH is 1. The van der Waals surface area contributed by atoms with Crippen LogP contribution in [0.2, 0.25) is 0 Å². The van der Waals surface area contributed by atoms with Gasteiger partial charge < -0.3 is 25.2 Å². The van der Waals surface area contributed by atoms with E-state index < -0.39 is 0 Å². The molecule has 2 rings (SSSR count). The van der Waals surface area contributed by atoms with Crippen LogP contribution in [0.3, 0.4) is 0 Å². The minimum Gasteiger partial charge on any atom is -0.490 e. The molecule has 1 saturated heterocycles. The average Bonchev–Trinajstić information content (AvgIpc) is 2.38. The summed E-state index contributed by atoms with van der Waals surface area (Å²) in [5.74, 6) is 1.33. The fourth-order valence-corrected chi connectivity index (χ4v) is 1.86. The van der Waals surface area contributed by atoms with E-state index in [1.807, 2.05) is 4.90 Å². The molecule has 0 saturated carbocycles. The number of ether oxygens (including phenoxy) is 2. The molecule has 94 valence electrons. The minimum atomic E-state index is -0.132. The van der Waals surface area contributed by atoms with Gasteiger partial charge >= 0.3 is 0 Å². The molecule has 7 heteroatoms. The van der Waals surface area contributed by atoms with Crippen LogP contribution < -0.4 is 15.4 Å². The van der Waals surface area contributed by atoms with Crippen molar-refractivity contribution in [3.63, 3.8) is 0 Å². The zero-order valence-corrected chi connectivity index (χ0v) is 9.67. The molecule has 17 heavy (non-hydrogen) atoms. The maximum absolute atomic E-state index is 9.32. The summed E-state index contributed by atoms with van der Waals surface area (Å²) < 4.78 is 10.5. The molecule has 0 aromatic carbocycles. The van der Waals surface area contributed by atoms with Crippen molar-refractivity contribution in [1.29, 1.82) is 0 Å². The summed E-state index contributed by atoms with van der Waals surface area (Å²) in [7, 11) is 1.52. The number of aliphatic hydroxyl groups is 1. The van der Waals surface area contributed by atoms with Crippen molar-refractivity contribution in [2.75, 3.05) is 44.1 Å². The first-order chi connectivity index (χ1) is 8.27. The summed E-state index contributed by atoms with van der Waals surface area (Å²) in [5, 5.41) is 9.32. The van der Waals surface area contributed by atoms with E-state index in [9.17, 15) is 5.11 Å². The molecule has 7 nitrogen and oxygen atoms in total. The average molecular weight is 240 g/mol. The maximum atomic E-state index is 9.32. The third-order valence-electron chi connectivity index (χ3n) is 2.73. The zero-order chi connectivity index (χ0) is 12.3. The van der Waals surface area contributed by atoms with Crippen LogP contribution in [0.5, 0.6) is 5.75 Å². The number of anilines is 2. The fourth-order valence-electron chi connectivity index (χ4n) is 1.86. The second-order valence-corrected chi connectivity index (χ2v) is 3.72. The van der Waals surface area contributed by atoms with E-state index in [0.29, 0.717) is 37.1 Å². The highest BCUT2D eigenvalue weighted by atomic mass is 16.5. The molecule has 1 aromatic rings. The molecule has 2 heterocycles. The van der Waals surface area contributed by atoms with Gasteiger partial charge in [-0.05, 0) is 0 Å². The second-order valence-electron chi connectivity index (χ2n) is 3.72. The highest BCUT2D eigenvalue weighted by molar-refractivity contribution is 5.63. The summed E-state index contributed by atoms with van der Waals surface area (Å²) in [6.45, 7) is 1.68.